The second-order valence-electron chi connectivity index (χ2n) is 22.8. The highest BCUT2D eigenvalue weighted by Gasteiger charge is 2.53. The quantitative estimate of drug-likeness (QED) is 0.0210. The molecule has 1 amide bonds. The molecule has 19 nitrogen and oxygen atoms in total. The van der Waals surface area contributed by atoms with Crippen molar-refractivity contribution in [3.63, 3.8) is 0 Å². The Morgan fingerprint density at radius 2 is 0.814 bits per heavy atom. The largest absolute Gasteiger partial charge is 0.394 e. The summed E-state index contributed by atoms with van der Waals surface area (Å²) < 4.78 is 34.2. The molecule has 3 rings (SSSR count). The van der Waals surface area contributed by atoms with Gasteiger partial charge < -0.3 is 89.9 Å². The van der Waals surface area contributed by atoms with Gasteiger partial charge in [0.2, 0.25) is 5.91 Å². The molecule has 3 saturated heterocycles. The van der Waals surface area contributed by atoms with Crippen molar-refractivity contribution in [2.75, 3.05) is 26.4 Å². The maximum Gasteiger partial charge on any atom is 0.220 e. The molecule has 0 aromatic heterocycles. The molecule has 17 atom stereocenters. The van der Waals surface area contributed by atoms with Crippen LogP contribution in [0.5, 0.6) is 0 Å². The topological polar surface area (TPSA) is 307 Å². The monoisotopic (exact) mass is 1220 g/mol. The van der Waals surface area contributed by atoms with Gasteiger partial charge in [0.15, 0.2) is 18.9 Å². The number of aliphatic hydroxyl groups excluding tert-OH is 11. The van der Waals surface area contributed by atoms with Crippen LogP contribution in [0.2, 0.25) is 0 Å². The first kappa shape index (κ1) is 77.0. The number of ether oxygens (including phenoxy) is 6. The molecule has 0 aromatic carbocycles. The van der Waals surface area contributed by atoms with Crippen LogP contribution in [0.3, 0.4) is 0 Å². The van der Waals surface area contributed by atoms with Crippen LogP contribution in [0.4, 0.5) is 0 Å². The Morgan fingerprint density at radius 3 is 1.30 bits per heavy atom. The molecule has 0 saturated carbocycles. The van der Waals surface area contributed by atoms with E-state index in [9.17, 15) is 61.0 Å². The highest BCUT2D eigenvalue weighted by Crippen LogP contribution is 2.33. The highest BCUT2D eigenvalue weighted by molar-refractivity contribution is 5.76. The van der Waals surface area contributed by atoms with Crippen LogP contribution >= 0.6 is 0 Å². The van der Waals surface area contributed by atoms with Crippen LogP contribution < -0.4 is 5.32 Å². The fourth-order valence-corrected chi connectivity index (χ4v) is 10.3. The molecule has 494 valence electrons. The molecule has 0 bridgehead atoms. The molecule has 0 spiro atoms. The molecule has 0 aromatic rings. The van der Waals surface area contributed by atoms with E-state index in [2.05, 4.69) is 92.1 Å². The summed E-state index contributed by atoms with van der Waals surface area (Å²) in [4.78, 5) is 13.3. The summed E-state index contributed by atoms with van der Waals surface area (Å²) >= 11 is 0. The van der Waals surface area contributed by atoms with Gasteiger partial charge in [0, 0.05) is 6.42 Å². The Kier molecular flexibility index (Phi) is 43.4. The fourth-order valence-electron chi connectivity index (χ4n) is 10.3. The summed E-state index contributed by atoms with van der Waals surface area (Å²) in [6.07, 6.45) is 35.4. The lowest BCUT2D eigenvalue weighted by Crippen LogP contribution is -2.66. The molecule has 17 unspecified atom stereocenters. The van der Waals surface area contributed by atoms with Crippen LogP contribution in [0.1, 0.15) is 187 Å². The van der Waals surface area contributed by atoms with Gasteiger partial charge in [-0.15, -0.1) is 0 Å². The number of amides is 1. The summed E-state index contributed by atoms with van der Waals surface area (Å²) in [5.74, 6) is -0.350. The second kappa shape index (κ2) is 48.5. The van der Waals surface area contributed by atoms with Crippen molar-refractivity contribution in [3.05, 3.63) is 97.2 Å². The number of nitrogens with one attached hydrogen (secondary N) is 1. The van der Waals surface area contributed by atoms with E-state index in [1.165, 1.54) is 89.9 Å². The third kappa shape index (κ3) is 31.0. The third-order valence-electron chi connectivity index (χ3n) is 15.6. The van der Waals surface area contributed by atoms with Gasteiger partial charge in [0.05, 0.1) is 38.6 Å². The predicted octanol–water partition coefficient (Wildman–Crippen LogP) is 7.32. The Balaban J connectivity index is 1.51. The van der Waals surface area contributed by atoms with E-state index in [1.54, 1.807) is 6.08 Å². The zero-order chi connectivity index (χ0) is 62.6. The van der Waals surface area contributed by atoms with Crippen LogP contribution in [0.15, 0.2) is 97.2 Å². The molecule has 86 heavy (non-hydrogen) atoms. The van der Waals surface area contributed by atoms with Gasteiger partial charge in [-0.1, -0.05) is 195 Å². The molecule has 3 heterocycles. The van der Waals surface area contributed by atoms with Gasteiger partial charge >= 0.3 is 0 Å². The number of carbonyl (C=O) groups excluding carboxylic acids is 1. The van der Waals surface area contributed by atoms with E-state index in [4.69, 9.17) is 28.4 Å². The number of unbranched alkanes of at least 4 members (excludes halogenated alkanes) is 17. The lowest BCUT2D eigenvalue weighted by molar-refractivity contribution is -0.379. The van der Waals surface area contributed by atoms with Crippen molar-refractivity contribution in [2.24, 2.45) is 0 Å². The lowest BCUT2D eigenvalue weighted by atomic mass is 9.96. The minimum Gasteiger partial charge on any atom is -0.394 e. The van der Waals surface area contributed by atoms with E-state index in [-0.39, 0.29) is 12.3 Å². The van der Waals surface area contributed by atoms with Crippen molar-refractivity contribution >= 4 is 5.91 Å². The van der Waals surface area contributed by atoms with E-state index in [1.807, 2.05) is 18.2 Å². The Labute approximate surface area is 513 Å². The van der Waals surface area contributed by atoms with E-state index >= 15 is 0 Å². The molecule has 3 fully saturated rings. The number of carbonyl (C=O) groups is 1. The molecular formula is C67H113NO18. The Hall–Kier alpha value is -3.29. The van der Waals surface area contributed by atoms with Crippen molar-refractivity contribution in [1.29, 1.82) is 0 Å². The van der Waals surface area contributed by atoms with Gasteiger partial charge in [-0.25, -0.2) is 0 Å². The predicted molar refractivity (Wildman–Crippen MR) is 332 cm³/mol. The first-order chi connectivity index (χ1) is 41.8. The maximum absolute atomic E-state index is 13.3. The van der Waals surface area contributed by atoms with E-state index in [0.29, 0.717) is 19.3 Å². The van der Waals surface area contributed by atoms with E-state index in [0.717, 1.165) is 57.8 Å². The Bertz CT molecular complexity index is 1940. The first-order valence-corrected chi connectivity index (χ1v) is 32.5. The smallest absolute Gasteiger partial charge is 0.220 e. The zero-order valence-corrected chi connectivity index (χ0v) is 51.7. The van der Waals surface area contributed by atoms with Gasteiger partial charge in [-0.3, -0.25) is 4.79 Å². The van der Waals surface area contributed by atoms with Crippen molar-refractivity contribution in [1.82, 2.24) is 5.32 Å². The van der Waals surface area contributed by atoms with Crippen molar-refractivity contribution in [3.8, 4) is 0 Å². The summed E-state index contributed by atoms with van der Waals surface area (Å²) in [5, 5.41) is 120. The van der Waals surface area contributed by atoms with E-state index < -0.39 is 131 Å². The van der Waals surface area contributed by atoms with Gasteiger partial charge in [-0.2, -0.15) is 0 Å². The van der Waals surface area contributed by atoms with Crippen molar-refractivity contribution in [2.45, 2.75) is 291 Å². The number of rotatable bonds is 47. The summed E-state index contributed by atoms with van der Waals surface area (Å²) in [6.45, 7) is 1.53. The molecule has 19 heteroatoms. The molecule has 0 radical (unpaired) electrons. The normalized spacial score (nSPS) is 29.4. The Morgan fingerprint density at radius 1 is 0.430 bits per heavy atom. The van der Waals surface area contributed by atoms with Crippen LogP contribution in [-0.4, -0.2) is 193 Å². The van der Waals surface area contributed by atoms with Crippen LogP contribution in [0, 0.1) is 0 Å². The average molecular weight is 1220 g/mol. The van der Waals surface area contributed by atoms with Gasteiger partial charge in [-0.05, 0) is 83.5 Å². The molecule has 0 aliphatic carbocycles. The summed E-state index contributed by atoms with van der Waals surface area (Å²) in [6, 6.07) is -1.03. The van der Waals surface area contributed by atoms with Crippen LogP contribution in [-0.2, 0) is 33.2 Å². The minimum absolute atomic E-state index is 0.148. The number of hydrogen-bond acceptors (Lipinski definition) is 18. The summed E-state index contributed by atoms with van der Waals surface area (Å²) in [5.41, 5.74) is 0. The average Bonchev–Trinajstić information content (AvgIpc) is 2.24. The number of aliphatic hydroxyl groups is 11. The lowest BCUT2D eigenvalue weighted by Gasteiger charge is -2.48. The second-order valence-corrected chi connectivity index (χ2v) is 22.8. The first-order valence-electron chi connectivity index (χ1n) is 32.5. The summed E-state index contributed by atoms with van der Waals surface area (Å²) in [7, 11) is 0. The molecule has 3 aliphatic heterocycles. The standard InChI is InChI=1S/C67H113NO18/c1-3-5-7-9-11-13-15-17-19-21-22-23-24-25-26-27-29-30-32-34-36-38-40-42-44-51(72)50(68-55(73)45-43-41-39-37-35-33-31-28-20-18-16-14-12-10-8-6-4-2)49-81-65-61(79)58(76)63(53(47-70)83-65)86-67-62(80)59(77)64(54(48-71)84-67)85-66-60(78)57(75)56(74)52(46-69)82-66/h6,8,12,14,18,20,27,29,31,33-34,36-37,39,42,44,50-54,56-67,69-72,74-80H,3-5,7,9-11,13,15-17,19,21-26,28,30,32,35,38,40-41,43,45-49H2,1-2H3,(H,68,73)/b8-6-,14-12-,20-18-,29-27+,33-31-,36-34+,39-37-,44-42+. The maximum atomic E-state index is 13.3. The third-order valence-corrected chi connectivity index (χ3v) is 15.6. The molecule has 3 aliphatic rings. The molecular weight excluding hydrogens is 1110 g/mol. The number of hydrogen-bond donors (Lipinski definition) is 12. The zero-order valence-electron chi connectivity index (χ0n) is 51.7. The number of allylic oxidation sites excluding steroid dienone is 15. The fraction of sp³-hybridized carbons (Fsp3) is 0.746. The SMILES string of the molecule is CC/C=C\C/C=C\C/C=C\C/C=C\C/C=C\CCCC(=O)NC(COC1OC(CO)C(OC2OC(CO)C(OC3OC(CO)C(O)C(O)C3O)C(O)C2O)C(O)C1O)C(O)/C=C/CC/C=C/CC/C=C/CCCCCCCCCCCCCCCC. The highest BCUT2D eigenvalue weighted by atomic mass is 16.8. The molecule has 12 N–H and O–H groups in total. The van der Waals surface area contributed by atoms with Gasteiger partial charge in [0.25, 0.3) is 0 Å². The minimum atomic E-state index is -1.99. The van der Waals surface area contributed by atoms with Crippen LogP contribution in [0.25, 0.3) is 0 Å². The van der Waals surface area contributed by atoms with Gasteiger partial charge in [0.1, 0.15) is 73.2 Å². The van der Waals surface area contributed by atoms with Crippen molar-refractivity contribution < 1.29 is 89.4 Å².